The minimum absolute atomic E-state index is 0.162. The molecule has 11 heteroatoms. The number of carbonyl (C=O) groups is 2. The summed E-state index contributed by atoms with van der Waals surface area (Å²) in [6.07, 6.45) is -0.262. The molecule has 0 aliphatic carbocycles. The van der Waals surface area contributed by atoms with Crippen molar-refractivity contribution in [1.82, 2.24) is 25.2 Å². The van der Waals surface area contributed by atoms with Gasteiger partial charge in [0.2, 0.25) is 5.91 Å². The number of aliphatic hydroxyl groups excluding tert-OH is 1. The normalized spacial score (nSPS) is 17.8. The Morgan fingerprint density at radius 3 is 2.78 bits per heavy atom. The van der Waals surface area contributed by atoms with Crippen molar-refractivity contribution in [3.8, 4) is 10.6 Å². The van der Waals surface area contributed by atoms with Crippen LogP contribution in [-0.4, -0.2) is 62.6 Å². The zero-order chi connectivity index (χ0) is 26.1. The number of aromatic amines is 1. The molecule has 2 aromatic carbocycles. The van der Waals surface area contributed by atoms with Crippen LogP contribution in [0.1, 0.15) is 33.9 Å². The number of H-pyrrole nitrogens is 1. The Labute approximate surface area is 222 Å². The Balaban J connectivity index is 1.25. The number of nitrogens with zero attached hydrogens (tertiary/aromatic N) is 3. The van der Waals surface area contributed by atoms with E-state index in [4.69, 9.17) is 21.3 Å². The minimum atomic E-state index is -0.769. The van der Waals surface area contributed by atoms with Gasteiger partial charge in [-0.3, -0.25) is 9.69 Å². The van der Waals surface area contributed by atoms with Crippen molar-refractivity contribution in [3.05, 3.63) is 69.4 Å². The second kappa shape index (κ2) is 10.6. The van der Waals surface area contributed by atoms with Crippen LogP contribution < -0.4 is 5.32 Å². The van der Waals surface area contributed by atoms with Gasteiger partial charge in [-0.2, -0.15) is 0 Å². The second-order valence-electron chi connectivity index (χ2n) is 8.95. The smallest absolute Gasteiger partial charge is 0.338 e. The Kier molecular flexibility index (Phi) is 7.25. The van der Waals surface area contributed by atoms with Gasteiger partial charge in [0, 0.05) is 29.1 Å². The number of thiazole rings is 1. The molecular formula is C26H26ClN5O4S. The maximum Gasteiger partial charge on any atom is 0.338 e. The molecule has 9 nitrogen and oxygen atoms in total. The third-order valence-electron chi connectivity index (χ3n) is 6.54. The monoisotopic (exact) mass is 539 g/mol. The van der Waals surface area contributed by atoms with Gasteiger partial charge >= 0.3 is 5.97 Å². The van der Waals surface area contributed by atoms with E-state index in [2.05, 4.69) is 15.3 Å². The van der Waals surface area contributed by atoms with Gasteiger partial charge < -0.3 is 20.1 Å². The highest BCUT2D eigenvalue weighted by atomic mass is 35.5. The SMILES string of the molecule is COC(=O)c1ccc2[nH]c(CNC(=O)C3C(O)CCN3Cc3csc(-c4ccc(Cl)cc4)n3)nc2c1C. The van der Waals surface area contributed by atoms with Crippen LogP contribution in [0.25, 0.3) is 21.6 Å². The maximum absolute atomic E-state index is 13.1. The number of hydrogen-bond donors (Lipinski definition) is 3. The average Bonchev–Trinajstić information content (AvgIpc) is 3.62. The topological polar surface area (TPSA) is 120 Å². The van der Waals surface area contributed by atoms with Crippen molar-refractivity contribution in [1.29, 1.82) is 0 Å². The number of rotatable bonds is 7. The molecule has 192 valence electrons. The second-order valence-corrected chi connectivity index (χ2v) is 10.2. The summed E-state index contributed by atoms with van der Waals surface area (Å²) in [5.74, 6) is -0.141. The zero-order valence-corrected chi connectivity index (χ0v) is 21.9. The number of ether oxygens (including phenoxy) is 1. The van der Waals surface area contributed by atoms with Crippen LogP contribution >= 0.6 is 22.9 Å². The molecule has 0 radical (unpaired) electrons. The highest BCUT2D eigenvalue weighted by Crippen LogP contribution is 2.28. The first kappa shape index (κ1) is 25.3. The van der Waals surface area contributed by atoms with E-state index in [1.807, 2.05) is 34.5 Å². The number of aromatic nitrogens is 3. The summed E-state index contributed by atoms with van der Waals surface area (Å²) >= 11 is 7.52. The lowest BCUT2D eigenvalue weighted by atomic mass is 10.1. The molecule has 4 aromatic rings. The Morgan fingerprint density at radius 2 is 2.03 bits per heavy atom. The molecule has 2 atom stereocenters. The number of likely N-dealkylation sites (tertiary alicyclic amines) is 1. The third-order valence-corrected chi connectivity index (χ3v) is 7.73. The summed E-state index contributed by atoms with van der Waals surface area (Å²) in [5, 5.41) is 17.0. The van der Waals surface area contributed by atoms with Crippen molar-refractivity contribution in [2.24, 2.45) is 0 Å². The fourth-order valence-corrected chi connectivity index (χ4v) is 5.57. The summed E-state index contributed by atoms with van der Waals surface area (Å²) in [6.45, 7) is 3.02. The van der Waals surface area contributed by atoms with Crippen LogP contribution in [0.2, 0.25) is 5.02 Å². The number of nitrogens with one attached hydrogen (secondary N) is 2. The lowest BCUT2D eigenvalue weighted by Crippen LogP contribution is -2.47. The molecule has 1 aliphatic heterocycles. The average molecular weight is 540 g/mol. The van der Waals surface area contributed by atoms with Gasteiger partial charge in [0.15, 0.2) is 0 Å². The van der Waals surface area contributed by atoms with Gasteiger partial charge in [-0.1, -0.05) is 23.7 Å². The molecule has 2 aromatic heterocycles. The summed E-state index contributed by atoms with van der Waals surface area (Å²) < 4.78 is 4.83. The number of aliphatic hydroxyl groups is 1. The Bertz CT molecular complexity index is 1450. The van der Waals surface area contributed by atoms with Gasteiger partial charge in [0.25, 0.3) is 0 Å². The van der Waals surface area contributed by atoms with Gasteiger partial charge in [0.1, 0.15) is 16.9 Å². The van der Waals surface area contributed by atoms with Crippen molar-refractivity contribution < 1.29 is 19.4 Å². The van der Waals surface area contributed by atoms with E-state index in [1.54, 1.807) is 19.1 Å². The molecule has 2 unspecified atom stereocenters. The molecule has 0 saturated carbocycles. The van der Waals surface area contributed by atoms with E-state index < -0.39 is 18.1 Å². The maximum atomic E-state index is 13.1. The first-order valence-corrected chi connectivity index (χ1v) is 13.1. The number of fused-ring (bicyclic) bond motifs is 1. The van der Waals surface area contributed by atoms with Crippen LogP contribution in [0.4, 0.5) is 0 Å². The molecule has 0 spiro atoms. The number of halogens is 1. The molecule has 1 aliphatic rings. The molecular weight excluding hydrogens is 514 g/mol. The predicted octanol–water partition coefficient (Wildman–Crippen LogP) is 3.69. The van der Waals surface area contributed by atoms with Crippen LogP contribution in [0.3, 0.4) is 0 Å². The molecule has 3 N–H and O–H groups in total. The number of imidazole rings is 1. The summed E-state index contributed by atoms with van der Waals surface area (Å²) in [7, 11) is 1.34. The minimum Gasteiger partial charge on any atom is -0.465 e. The van der Waals surface area contributed by atoms with Crippen molar-refractivity contribution in [2.45, 2.75) is 38.6 Å². The highest BCUT2D eigenvalue weighted by molar-refractivity contribution is 7.13. The number of amides is 1. The standard InChI is InChI=1S/C26H26ClN5O4S/c1-14-18(26(35)36-2)7-8-19-22(14)31-21(30-19)11-28-24(34)23-20(33)9-10-32(23)12-17-13-37-25(29-17)15-3-5-16(27)6-4-15/h3-8,13,20,23,33H,9-12H2,1-2H3,(H,28,34)(H,30,31). The van der Waals surface area contributed by atoms with Gasteiger partial charge in [-0.15, -0.1) is 11.3 Å². The summed E-state index contributed by atoms with van der Waals surface area (Å²) in [5.41, 5.74) is 4.39. The summed E-state index contributed by atoms with van der Waals surface area (Å²) in [6, 6.07) is 10.3. The van der Waals surface area contributed by atoms with E-state index in [0.717, 1.165) is 21.8 Å². The van der Waals surface area contributed by atoms with E-state index in [9.17, 15) is 14.7 Å². The molecule has 1 amide bonds. The lowest BCUT2D eigenvalue weighted by molar-refractivity contribution is -0.128. The fraction of sp³-hybridized carbons (Fsp3) is 0.308. The number of esters is 1. The third kappa shape index (κ3) is 5.24. The first-order valence-electron chi connectivity index (χ1n) is 11.8. The molecule has 0 bridgehead atoms. The Hall–Kier alpha value is -3.31. The predicted molar refractivity (Wildman–Crippen MR) is 141 cm³/mol. The van der Waals surface area contributed by atoms with Crippen LogP contribution in [0.5, 0.6) is 0 Å². The molecule has 5 rings (SSSR count). The van der Waals surface area contributed by atoms with E-state index in [-0.39, 0.29) is 12.5 Å². The summed E-state index contributed by atoms with van der Waals surface area (Å²) in [4.78, 5) is 39.5. The van der Waals surface area contributed by atoms with Crippen LogP contribution in [0, 0.1) is 6.92 Å². The van der Waals surface area contributed by atoms with Gasteiger partial charge in [-0.25, -0.2) is 14.8 Å². The largest absolute Gasteiger partial charge is 0.465 e. The van der Waals surface area contributed by atoms with E-state index in [0.29, 0.717) is 47.0 Å². The Morgan fingerprint density at radius 1 is 1.24 bits per heavy atom. The van der Waals surface area contributed by atoms with Crippen molar-refractivity contribution in [2.75, 3.05) is 13.7 Å². The number of benzene rings is 2. The number of aryl methyl sites for hydroxylation is 1. The van der Waals surface area contributed by atoms with E-state index >= 15 is 0 Å². The van der Waals surface area contributed by atoms with Gasteiger partial charge in [0.05, 0.1) is 42.0 Å². The zero-order valence-electron chi connectivity index (χ0n) is 20.3. The number of methoxy groups -OCH3 is 1. The van der Waals surface area contributed by atoms with Gasteiger partial charge in [-0.05, 0) is 43.2 Å². The van der Waals surface area contributed by atoms with Crippen molar-refractivity contribution >= 4 is 45.8 Å². The fourth-order valence-electron chi connectivity index (χ4n) is 4.62. The first-order chi connectivity index (χ1) is 17.8. The molecule has 1 saturated heterocycles. The quantitative estimate of drug-likeness (QED) is 0.306. The molecule has 37 heavy (non-hydrogen) atoms. The van der Waals surface area contributed by atoms with Crippen LogP contribution in [-0.2, 0) is 22.6 Å². The van der Waals surface area contributed by atoms with E-state index in [1.165, 1.54) is 18.4 Å². The van der Waals surface area contributed by atoms with Crippen molar-refractivity contribution in [3.63, 3.8) is 0 Å². The number of hydrogen-bond acceptors (Lipinski definition) is 8. The molecule has 3 heterocycles. The van der Waals surface area contributed by atoms with Crippen LogP contribution in [0.15, 0.2) is 41.8 Å². The molecule has 1 fully saturated rings. The number of carbonyl (C=O) groups excluding carboxylic acids is 2. The lowest BCUT2D eigenvalue weighted by Gasteiger charge is -2.24. The highest BCUT2D eigenvalue weighted by Gasteiger charge is 2.38.